The number of nitrogens with one attached hydrogen (secondary N) is 2. The molecular formula is C13H20BrClN2O3S. The van der Waals surface area contributed by atoms with Crippen LogP contribution in [0.1, 0.15) is 12.0 Å². The summed E-state index contributed by atoms with van der Waals surface area (Å²) in [6, 6.07) is 7.02. The zero-order valence-corrected chi connectivity index (χ0v) is 15.0. The van der Waals surface area contributed by atoms with E-state index in [1.807, 2.05) is 7.05 Å². The molecule has 0 atom stereocenters. The monoisotopic (exact) mass is 398 g/mol. The first-order valence-electron chi connectivity index (χ1n) is 6.29. The molecule has 2 N–H and O–H groups in total. The van der Waals surface area contributed by atoms with Crippen LogP contribution in [0.5, 0.6) is 0 Å². The third-order valence-electron chi connectivity index (χ3n) is 2.58. The van der Waals surface area contributed by atoms with Crippen molar-refractivity contribution in [3.63, 3.8) is 0 Å². The first-order chi connectivity index (χ1) is 9.43. The van der Waals surface area contributed by atoms with E-state index < -0.39 is 21.5 Å². The third kappa shape index (κ3) is 9.08. The molecule has 0 saturated heterocycles. The molecule has 0 bridgehead atoms. The molecule has 0 aliphatic rings. The number of hydrogen-bond acceptors (Lipinski definition) is 4. The van der Waals surface area contributed by atoms with Crippen LogP contribution in [0.4, 0.5) is 0 Å². The van der Waals surface area contributed by atoms with Gasteiger partial charge in [0.15, 0.2) is 9.84 Å². The Labute approximate surface area is 140 Å². The maximum atomic E-state index is 11.9. The van der Waals surface area contributed by atoms with Crippen LogP contribution in [0.15, 0.2) is 28.7 Å². The molecule has 0 radical (unpaired) electrons. The standard InChI is InChI=1S/C13H19BrN2O3S.ClH/c1-15-7-2-8-16-13(17)10-20(18,19)9-11-3-5-12(14)6-4-11;/h3-6,15H,2,7-10H2,1H3,(H,16,17);1H. The van der Waals surface area contributed by atoms with Crippen LogP contribution in [0.3, 0.4) is 0 Å². The Morgan fingerprint density at radius 3 is 2.38 bits per heavy atom. The van der Waals surface area contributed by atoms with Gasteiger partial charge in [0.25, 0.3) is 0 Å². The van der Waals surface area contributed by atoms with E-state index in [1.54, 1.807) is 24.3 Å². The Morgan fingerprint density at radius 1 is 1.19 bits per heavy atom. The lowest BCUT2D eigenvalue weighted by Gasteiger charge is -2.06. The number of carbonyl (C=O) groups excluding carboxylic acids is 1. The van der Waals surface area contributed by atoms with Crippen molar-refractivity contribution in [1.29, 1.82) is 0 Å². The largest absolute Gasteiger partial charge is 0.355 e. The van der Waals surface area contributed by atoms with E-state index in [2.05, 4.69) is 26.6 Å². The van der Waals surface area contributed by atoms with Crippen molar-refractivity contribution in [2.45, 2.75) is 12.2 Å². The maximum Gasteiger partial charge on any atom is 0.235 e. The van der Waals surface area contributed by atoms with Crippen LogP contribution < -0.4 is 10.6 Å². The first kappa shape index (κ1) is 20.4. The maximum absolute atomic E-state index is 11.9. The van der Waals surface area contributed by atoms with Gasteiger partial charge in [0.2, 0.25) is 5.91 Å². The highest BCUT2D eigenvalue weighted by Crippen LogP contribution is 2.13. The van der Waals surface area contributed by atoms with E-state index in [1.165, 1.54) is 0 Å². The van der Waals surface area contributed by atoms with Gasteiger partial charge in [0.05, 0.1) is 5.75 Å². The van der Waals surface area contributed by atoms with E-state index in [4.69, 9.17) is 0 Å². The van der Waals surface area contributed by atoms with Crippen LogP contribution in [-0.2, 0) is 20.4 Å². The summed E-state index contributed by atoms with van der Waals surface area (Å²) < 4.78 is 24.7. The molecule has 5 nitrogen and oxygen atoms in total. The van der Waals surface area contributed by atoms with Crippen LogP contribution >= 0.6 is 28.3 Å². The van der Waals surface area contributed by atoms with Crippen LogP contribution in [0, 0.1) is 0 Å². The normalized spacial score (nSPS) is 10.8. The summed E-state index contributed by atoms with van der Waals surface area (Å²) in [4.78, 5) is 11.5. The zero-order valence-electron chi connectivity index (χ0n) is 11.8. The molecular weight excluding hydrogens is 380 g/mol. The summed E-state index contributed by atoms with van der Waals surface area (Å²) in [5.41, 5.74) is 0.677. The van der Waals surface area contributed by atoms with Gasteiger partial charge >= 0.3 is 0 Å². The molecule has 1 aromatic carbocycles. The van der Waals surface area contributed by atoms with Crippen molar-refractivity contribution in [3.05, 3.63) is 34.3 Å². The van der Waals surface area contributed by atoms with Gasteiger partial charge in [-0.05, 0) is 37.7 Å². The quantitative estimate of drug-likeness (QED) is 0.650. The highest BCUT2D eigenvalue weighted by atomic mass is 79.9. The minimum Gasteiger partial charge on any atom is -0.355 e. The van der Waals surface area contributed by atoms with E-state index >= 15 is 0 Å². The Kier molecular flexibility index (Phi) is 9.85. The molecule has 0 unspecified atom stereocenters. The molecule has 1 rings (SSSR count). The van der Waals surface area contributed by atoms with Gasteiger partial charge in [-0.1, -0.05) is 28.1 Å². The molecule has 0 heterocycles. The zero-order chi connectivity index (χ0) is 15.0. The summed E-state index contributed by atoms with van der Waals surface area (Å²) >= 11 is 3.29. The number of hydrogen-bond donors (Lipinski definition) is 2. The topological polar surface area (TPSA) is 75.3 Å². The Hall–Kier alpha value is -0.630. The molecule has 120 valence electrons. The van der Waals surface area contributed by atoms with Crippen molar-refractivity contribution in [3.8, 4) is 0 Å². The van der Waals surface area contributed by atoms with Crippen LogP contribution in [0.25, 0.3) is 0 Å². The minimum absolute atomic E-state index is 0. The minimum atomic E-state index is -3.43. The average Bonchev–Trinajstić information content (AvgIpc) is 2.36. The fraction of sp³-hybridized carbons (Fsp3) is 0.462. The average molecular weight is 400 g/mol. The van der Waals surface area contributed by atoms with Gasteiger partial charge < -0.3 is 10.6 Å². The lowest BCUT2D eigenvalue weighted by molar-refractivity contribution is -0.118. The van der Waals surface area contributed by atoms with E-state index in [9.17, 15) is 13.2 Å². The molecule has 1 aromatic rings. The molecule has 21 heavy (non-hydrogen) atoms. The number of amides is 1. The molecule has 0 aromatic heterocycles. The molecule has 0 saturated carbocycles. The summed E-state index contributed by atoms with van der Waals surface area (Å²) in [5, 5.41) is 5.56. The Bertz CT molecular complexity index is 535. The lowest BCUT2D eigenvalue weighted by atomic mass is 10.2. The first-order valence-corrected chi connectivity index (χ1v) is 8.90. The predicted octanol–water partition coefficient (Wildman–Crippen LogP) is 1.51. The number of sulfone groups is 1. The van der Waals surface area contributed by atoms with E-state index in [0.29, 0.717) is 12.1 Å². The van der Waals surface area contributed by atoms with Crippen LogP contribution in [0.2, 0.25) is 0 Å². The van der Waals surface area contributed by atoms with Crippen molar-refractivity contribution in [2.24, 2.45) is 0 Å². The van der Waals surface area contributed by atoms with E-state index in [-0.39, 0.29) is 18.2 Å². The smallest absolute Gasteiger partial charge is 0.235 e. The summed E-state index contributed by atoms with van der Waals surface area (Å²) in [6.45, 7) is 1.26. The van der Waals surface area contributed by atoms with Crippen molar-refractivity contribution in [2.75, 3.05) is 25.9 Å². The highest BCUT2D eigenvalue weighted by molar-refractivity contribution is 9.10. The fourth-order valence-electron chi connectivity index (χ4n) is 1.63. The van der Waals surface area contributed by atoms with Crippen LogP contribution in [-0.4, -0.2) is 40.2 Å². The second-order valence-corrected chi connectivity index (χ2v) is 7.45. The van der Waals surface area contributed by atoms with Crippen molar-refractivity contribution in [1.82, 2.24) is 10.6 Å². The van der Waals surface area contributed by atoms with E-state index in [0.717, 1.165) is 17.4 Å². The number of benzene rings is 1. The van der Waals surface area contributed by atoms with Gasteiger partial charge in [-0.3, -0.25) is 4.79 Å². The van der Waals surface area contributed by atoms with Crippen molar-refractivity contribution < 1.29 is 13.2 Å². The lowest BCUT2D eigenvalue weighted by Crippen LogP contribution is -2.32. The van der Waals surface area contributed by atoms with Crippen molar-refractivity contribution >= 4 is 44.1 Å². The van der Waals surface area contributed by atoms with Gasteiger partial charge in [-0.25, -0.2) is 8.42 Å². The Balaban J connectivity index is 0.00000400. The molecule has 0 aliphatic carbocycles. The molecule has 0 spiro atoms. The SMILES string of the molecule is CNCCCNC(=O)CS(=O)(=O)Cc1ccc(Br)cc1.Cl. The number of halogens is 2. The molecule has 0 aliphatic heterocycles. The summed E-state index contributed by atoms with van der Waals surface area (Å²) in [7, 11) is -1.61. The second-order valence-electron chi connectivity index (χ2n) is 4.47. The third-order valence-corrected chi connectivity index (χ3v) is 4.58. The molecule has 0 fully saturated rings. The molecule has 8 heteroatoms. The van der Waals surface area contributed by atoms with Gasteiger partial charge in [0, 0.05) is 11.0 Å². The number of rotatable bonds is 8. The second kappa shape index (κ2) is 10.2. The van der Waals surface area contributed by atoms with Gasteiger partial charge in [-0.2, -0.15) is 0 Å². The van der Waals surface area contributed by atoms with Gasteiger partial charge in [-0.15, -0.1) is 12.4 Å². The number of carbonyl (C=O) groups is 1. The Morgan fingerprint density at radius 2 is 1.81 bits per heavy atom. The fourth-order valence-corrected chi connectivity index (χ4v) is 3.20. The van der Waals surface area contributed by atoms with Gasteiger partial charge in [0.1, 0.15) is 5.75 Å². The summed E-state index contributed by atoms with van der Waals surface area (Å²) in [6.07, 6.45) is 0.773. The summed E-state index contributed by atoms with van der Waals surface area (Å²) in [5.74, 6) is -1.04. The predicted molar refractivity (Wildman–Crippen MR) is 90.4 cm³/mol. The highest BCUT2D eigenvalue weighted by Gasteiger charge is 2.17. The molecule has 1 amide bonds.